The molecule has 0 saturated heterocycles. The molecule has 3 atom stereocenters. The van der Waals surface area contributed by atoms with Gasteiger partial charge in [0.15, 0.2) is 0 Å². The van der Waals surface area contributed by atoms with Crippen molar-refractivity contribution >= 4 is 11.6 Å². The monoisotopic (exact) mass is 498 g/mol. The van der Waals surface area contributed by atoms with Crippen molar-refractivity contribution in [2.75, 3.05) is 32.6 Å². The first-order chi connectivity index (χ1) is 17.1. The Morgan fingerprint density at radius 3 is 2.28 bits per heavy atom. The molecule has 0 saturated carbocycles. The van der Waals surface area contributed by atoms with Gasteiger partial charge in [0.1, 0.15) is 11.9 Å². The molecule has 1 aliphatic heterocycles. The quantitative estimate of drug-likeness (QED) is 0.517. The number of likely N-dealkylation sites (N-methyl/N-ethyl adjacent to an activating group) is 1. The van der Waals surface area contributed by atoms with Crippen LogP contribution in [0.4, 0.5) is 18.9 Å². The van der Waals surface area contributed by atoms with Crippen LogP contribution in [0.5, 0.6) is 5.75 Å². The first kappa shape index (κ1) is 25.7. The predicted octanol–water partition coefficient (Wildman–Crippen LogP) is 5.05. The Balaban J connectivity index is 1.93. The standard InChI is InChI=1S/C28H29F3N2O3/c1-32(2)17-25(19-8-5-4-6-9-19)33-24-11-7-10-23(28(29,30)31)22(24)16-21(26(34)27(33)35)18-12-14-20(36-3)15-13-18/h4-15,21,25-26,34H,16-17H2,1-3H3/t21-,25?,26+/m0/s1. The molecule has 1 unspecified atom stereocenters. The second kappa shape index (κ2) is 10.3. The minimum absolute atomic E-state index is 0.00425. The molecular weight excluding hydrogens is 469 g/mol. The third-order valence-electron chi connectivity index (χ3n) is 6.59. The third-order valence-corrected chi connectivity index (χ3v) is 6.59. The first-order valence-corrected chi connectivity index (χ1v) is 11.7. The number of halogens is 3. The second-order valence-corrected chi connectivity index (χ2v) is 9.23. The fourth-order valence-corrected chi connectivity index (χ4v) is 4.88. The van der Waals surface area contributed by atoms with Crippen molar-refractivity contribution in [3.05, 3.63) is 95.1 Å². The van der Waals surface area contributed by atoms with Crippen molar-refractivity contribution < 1.29 is 27.8 Å². The Morgan fingerprint density at radius 1 is 1.03 bits per heavy atom. The number of rotatable bonds is 6. The molecule has 8 heteroatoms. The summed E-state index contributed by atoms with van der Waals surface area (Å²) in [6, 6.07) is 19.2. The van der Waals surface area contributed by atoms with Gasteiger partial charge in [-0.05, 0) is 61.5 Å². The molecule has 3 aromatic rings. The predicted molar refractivity (Wildman–Crippen MR) is 132 cm³/mol. The molecule has 1 aliphatic rings. The average molecular weight is 499 g/mol. The van der Waals surface area contributed by atoms with E-state index >= 15 is 0 Å². The number of amides is 1. The maximum atomic E-state index is 14.2. The van der Waals surface area contributed by atoms with Crippen LogP contribution < -0.4 is 9.64 Å². The van der Waals surface area contributed by atoms with Crippen molar-refractivity contribution in [3.8, 4) is 5.75 Å². The summed E-state index contributed by atoms with van der Waals surface area (Å²) in [7, 11) is 5.18. The van der Waals surface area contributed by atoms with Gasteiger partial charge in [-0.3, -0.25) is 4.79 Å². The number of hydrogen-bond acceptors (Lipinski definition) is 4. The minimum atomic E-state index is -4.62. The van der Waals surface area contributed by atoms with Crippen LogP contribution in [-0.2, 0) is 17.4 Å². The summed E-state index contributed by atoms with van der Waals surface area (Å²) in [6.45, 7) is 0.353. The van der Waals surface area contributed by atoms with Crippen molar-refractivity contribution in [2.45, 2.75) is 30.7 Å². The van der Waals surface area contributed by atoms with Gasteiger partial charge < -0.3 is 19.6 Å². The van der Waals surface area contributed by atoms with E-state index in [0.29, 0.717) is 17.9 Å². The van der Waals surface area contributed by atoms with E-state index in [1.165, 1.54) is 24.1 Å². The molecule has 3 aromatic carbocycles. The summed E-state index contributed by atoms with van der Waals surface area (Å²) < 4.78 is 47.8. The van der Waals surface area contributed by atoms with Crippen LogP contribution in [0.15, 0.2) is 72.8 Å². The van der Waals surface area contributed by atoms with E-state index in [4.69, 9.17) is 4.74 Å². The van der Waals surface area contributed by atoms with Crippen molar-refractivity contribution in [3.63, 3.8) is 0 Å². The number of benzene rings is 3. The fraction of sp³-hybridized carbons (Fsp3) is 0.321. The number of carbonyl (C=O) groups is 1. The molecule has 36 heavy (non-hydrogen) atoms. The number of fused-ring (bicyclic) bond motifs is 1. The highest BCUT2D eigenvalue weighted by atomic mass is 19.4. The molecule has 1 N–H and O–H groups in total. The molecule has 1 heterocycles. The van der Waals surface area contributed by atoms with Crippen LogP contribution in [0, 0.1) is 0 Å². The average Bonchev–Trinajstić information content (AvgIpc) is 2.96. The lowest BCUT2D eigenvalue weighted by Gasteiger charge is -2.35. The zero-order valence-corrected chi connectivity index (χ0v) is 20.4. The Hall–Kier alpha value is -3.36. The third kappa shape index (κ3) is 5.10. The molecule has 190 valence electrons. The highest BCUT2D eigenvalue weighted by Gasteiger charge is 2.44. The number of aliphatic hydroxyl groups excluding tert-OH is 1. The molecule has 1 amide bonds. The fourth-order valence-electron chi connectivity index (χ4n) is 4.88. The lowest BCUT2D eigenvalue weighted by atomic mass is 9.86. The van der Waals surface area contributed by atoms with E-state index in [-0.39, 0.29) is 17.7 Å². The highest BCUT2D eigenvalue weighted by molar-refractivity contribution is 5.99. The Bertz CT molecular complexity index is 1200. The highest BCUT2D eigenvalue weighted by Crippen LogP contribution is 2.44. The Kier molecular flexibility index (Phi) is 7.38. The second-order valence-electron chi connectivity index (χ2n) is 9.23. The van der Waals surface area contributed by atoms with Crippen LogP contribution in [0.3, 0.4) is 0 Å². The molecule has 0 aromatic heterocycles. The molecule has 0 radical (unpaired) electrons. The molecule has 5 nitrogen and oxygen atoms in total. The largest absolute Gasteiger partial charge is 0.497 e. The molecule has 0 aliphatic carbocycles. The number of hydrogen-bond donors (Lipinski definition) is 1. The number of methoxy groups -OCH3 is 1. The molecule has 0 bridgehead atoms. The van der Waals surface area contributed by atoms with Crippen molar-refractivity contribution in [1.82, 2.24) is 4.90 Å². The van der Waals surface area contributed by atoms with E-state index in [1.54, 1.807) is 24.3 Å². The summed E-state index contributed by atoms with van der Waals surface area (Å²) >= 11 is 0. The lowest BCUT2D eigenvalue weighted by Crippen LogP contribution is -2.45. The number of aliphatic hydroxyl groups is 1. The zero-order valence-electron chi connectivity index (χ0n) is 20.4. The smallest absolute Gasteiger partial charge is 0.416 e. The summed E-state index contributed by atoms with van der Waals surface area (Å²) in [6.07, 6.45) is -6.31. The summed E-state index contributed by atoms with van der Waals surface area (Å²) in [4.78, 5) is 17.2. The SMILES string of the molecule is COc1ccc([C@@H]2Cc3c(cccc3C(F)(F)F)N(C(CN(C)C)c3ccccc3)C(=O)[C@@H]2O)cc1. The van der Waals surface area contributed by atoms with Gasteiger partial charge in [-0.1, -0.05) is 48.5 Å². The van der Waals surface area contributed by atoms with Crippen molar-refractivity contribution in [2.24, 2.45) is 0 Å². The zero-order chi connectivity index (χ0) is 26.0. The van der Waals surface area contributed by atoms with E-state index in [1.807, 2.05) is 49.3 Å². The minimum Gasteiger partial charge on any atom is -0.497 e. The number of carbonyl (C=O) groups excluding carboxylic acids is 1. The van der Waals surface area contributed by atoms with Gasteiger partial charge >= 0.3 is 6.18 Å². The van der Waals surface area contributed by atoms with Gasteiger partial charge in [0.2, 0.25) is 0 Å². The van der Waals surface area contributed by atoms with E-state index < -0.39 is 35.7 Å². The number of alkyl halides is 3. The Labute approximate surface area is 208 Å². The summed E-state index contributed by atoms with van der Waals surface area (Å²) in [5.74, 6) is -0.933. The summed E-state index contributed by atoms with van der Waals surface area (Å²) in [5, 5.41) is 11.3. The topological polar surface area (TPSA) is 53.0 Å². The van der Waals surface area contributed by atoms with Crippen LogP contribution in [-0.4, -0.2) is 49.8 Å². The lowest BCUT2D eigenvalue weighted by molar-refractivity contribution is -0.138. The number of ether oxygens (including phenoxy) is 1. The van der Waals surface area contributed by atoms with Crippen LogP contribution in [0.25, 0.3) is 0 Å². The van der Waals surface area contributed by atoms with Crippen molar-refractivity contribution in [1.29, 1.82) is 0 Å². The molecule has 0 spiro atoms. The number of nitrogens with zero attached hydrogens (tertiary/aromatic N) is 2. The molecular formula is C28H29F3N2O3. The summed E-state index contributed by atoms with van der Waals surface area (Å²) in [5.41, 5.74) is 0.682. The molecule has 4 rings (SSSR count). The maximum absolute atomic E-state index is 14.2. The maximum Gasteiger partial charge on any atom is 0.416 e. The van der Waals surface area contributed by atoms with Gasteiger partial charge in [0, 0.05) is 18.2 Å². The first-order valence-electron chi connectivity index (χ1n) is 11.7. The number of anilines is 1. The van der Waals surface area contributed by atoms with Gasteiger partial charge in [0.25, 0.3) is 5.91 Å². The van der Waals surface area contributed by atoms with Crippen LogP contribution in [0.2, 0.25) is 0 Å². The van der Waals surface area contributed by atoms with E-state index in [2.05, 4.69) is 0 Å². The van der Waals surface area contributed by atoms with Gasteiger partial charge in [-0.25, -0.2) is 0 Å². The Morgan fingerprint density at radius 2 is 1.69 bits per heavy atom. The van der Waals surface area contributed by atoms with E-state index in [9.17, 15) is 23.1 Å². The normalized spacial score (nSPS) is 19.1. The molecule has 0 fully saturated rings. The van der Waals surface area contributed by atoms with Crippen LogP contribution >= 0.6 is 0 Å². The van der Waals surface area contributed by atoms with Gasteiger partial charge in [-0.15, -0.1) is 0 Å². The van der Waals surface area contributed by atoms with E-state index in [0.717, 1.165) is 11.6 Å². The van der Waals surface area contributed by atoms with Crippen LogP contribution in [0.1, 0.15) is 34.2 Å². The van der Waals surface area contributed by atoms with Gasteiger partial charge in [-0.2, -0.15) is 13.2 Å². The van der Waals surface area contributed by atoms with Gasteiger partial charge in [0.05, 0.1) is 18.7 Å².